The fourth-order valence-corrected chi connectivity index (χ4v) is 9.51. The fraction of sp³-hybridized carbons (Fsp3) is 0.676. The number of carbonyl (C=O) groups excluding carboxylic acids is 1. The third-order valence-corrected chi connectivity index (χ3v) is 12.4. The van der Waals surface area contributed by atoms with Crippen molar-refractivity contribution in [3.63, 3.8) is 0 Å². The van der Waals surface area contributed by atoms with Crippen LogP contribution >= 0.6 is 23.5 Å². The molecule has 2 aromatic rings. The molecule has 2 aliphatic carbocycles. The van der Waals surface area contributed by atoms with E-state index < -0.39 is 12.0 Å². The first-order chi connectivity index (χ1) is 23.6. The van der Waals surface area contributed by atoms with Crippen LogP contribution in [0.2, 0.25) is 0 Å². The molecule has 11 nitrogen and oxygen atoms in total. The lowest BCUT2D eigenvalue weighted by Crippen LogP contribution is -2.64. The minimum absolute atomic E-state index is 0.0255. The summed E-state index contributed by atoms with van der Waals surface area (Å²) in [5, 5.41) is 36.2. The number of carbonyl (C=O) groups is 2. The molecule has 1 aromatic heterocycles. The molecule has 2 atom stereocenters. The van der Waals surface area contributed by atoms with Gasteiger partial charge in [0.25, 0.3) is 5.91 Å². The molecule has 2 saturated carbocycles. The Kier molecular flexibility index (Phi) is 12.4. The van der Waals surface area contributed by atoms with Gasteiger partial charge in [0.05, 0.1) is 0 Å². The number of tetrazole rings is 1. The molecule has 1 aromatic carbocycles. The first kappa shape index (κ1) is 38.3. The molecule has 1 amide bonds. The molecule has 1 saturated heterocycles. The van der Waals surface area contributed by atoms with Gasteiger partial charge in [-0.05, 0) is 70.2 Å². The van der Waals surface area contributed by atoms with Gasteiger partial charge in [-0.15, -0.1) is 16.9 Å². The van der Waals surface area contributed by atoms with Crippen molar-refractivity contribution in [2.24, 2.45) is 12.0 Å². The highest BCUT2D eigenvalue weighted by molar-refractivity contribution is 8.01. The predicted molar refractivity (Wildman–Crippen MR) is 201 cm³/mol. The smallest absolute Gasteiger partial charge is 0.352 e. The summed E-state index contributed by atoms with van der Waals surface area (Å²) < 4.78 is 1.52. The van der Waals surface area contributed by atoms with E-state index in [0.29, 0.717) is 22.2 Å². The number of β-lactam (4-membered cyclic amide) rings is 1. The summed E-state index contributed by atoms with van der Waals surface area (Å²) in [5.41, 5.74) is 2.53. The quantitative estimate of drug-likeness (QED) is 0.155. The summed E-state index contributed by atoms with van der Waals surface area (Å²) in [6.45, 7) is 12.2. The molecule has 0 radical (unpaired) electrons. The number of aromatic hydroxyl groups is 1. The highest BCUT2D eigenvalue weighted by atomic mass is 32.2. The lowest BCUT2D eigenvalue weighted by Gasteiger charge is -2.47. The van der Waals surface area contributed by atoms with Crippen LogP contribution in [0.4, 0.5) is 0 Å². The molecule has 2 aliphatic heterocycles. The van der Waals surface area contributed by atoms with Gasteiger partial charge in [0.1, 0.15) is 16.8 Å². The Bertz CT molecular complexity index is 1530. The van der Waals surface area contributed by atoms with Gasteiger partial charge in [-0.25, -0.2) is 9.48 Å². The van der Waals surface area contributed by atoms with Gasteiger partial charge in [0.15, 0.2) is 6.04 Å². The molecule has 0 spiro atoms. The second-order valence-corrected chi connectivity index (χ2v) is 18.1. The summed E-state index contributed by atoms with van der Waals surface area (Å²) >= 11 is 2.84. The maximum atomic E-state index is 13.1. The molecule has 3 heterocycles. The maximum absolute atomic E-state index is 13.1. The van der Waals surface area contributed by atoms with Crippen molar-refractivity contribution < 1.29 is 19.8 Å². The average molecular weight is 726 g/mol. The highest BCUT2D eigenvalue weighted by Gasteiger charge is 2.53. The standard InChI is InChI=1S/C25H32N6O4S2.C12H23N/c1-24(2,3)15-8-13(9-16(19(15)32)25(4,5)6)10-26-17-20(33)31-18(22(34)35)14(11-36-21(17)31)12-37-23-27-28-29-30(23)7;1-3-7-11(8-4-1)13-12-9-5-2-6-10-12/h8-10,17,21,32H,11-12H2,1-7H3,(H,34,35);11-13H,1-10H2/t17-,21+;/m1./s1. The number of thioether (sulfide) groups is 2. The van der Waals surface area contributed by atoms with Crippen molar-refractivity contribution in [1.82, 2.24) is 30.4 Å². The van der Waals surface area contributed by atoms with Crippen LogP contribution in [0.5, 0.6) is 5.75 Å². The number of rotatable bonds is 8. The van der Waals surface area contributed by atoms with Crippen molar-refractivity contribution in [2.45, 2.75) is 145 Å². The highest BCUT2D eigenvalue weighted by Crippen LogP contribution is 2.43. The Labute approximate surface area is 305 Å². The number of nitrogens with one attached hydrogen (secondary N) is 1. The van der Waals surface area contributed by atoms with Crippen molar-refractivity contribution >= 4 is 41.6 Å². The van der Waals surface area contributed by atoms with Crippen molar-refractivity contribution in [3.8, 4) is 5.75 Å². The van der Waals surface area contributed by atoms with E-state index in [-0.39, 0.29) is 33.6 Å². The number of phenols is 1. The minimum Gasteiger partial charge on any atom is -0.507 e. The van der Waals surface area contributed by atoms with Crippen LogP contribution in [0.25, 0.3) is 0 Å². The number of carboxylic acids is 1. The number of carboxylic acid groups (broad SMARTS) is 1. The number of aliphatic carboxylic acids is 1. The van der Waals surface area contributed by atoms with Gasteiger partial charge < -0.3 is 15.5 Å². The van der Waals surface area contributed by atoms with Crippen LogP contribution in [-0.4, -0.2) is 88.4 Å². The van der Waals surface area contributed by atoms with Gasteiger partial charge >= 0.3 is 5.97 Å². The minimum atomic E-state index is -1.13. The number of amides is 1. The number of aromatic nitrogens is 4. The fourth-order valence-electron chi connectivity index (χ4n) is 7.19. The Morgan fingerprint density at radius 2 is 1.56 bits per heavy atom. The van der Waals surface area contributed by atoms with E-state index in [1.165, 1.54) is 97.3 Å². The second kappa shape index (κ2) is 16.2. The Balaban J connectivity index is 0.000000311. The van der Waals surface area contributed by atoms with Gasteiger partial charge in [-0.3, -0.25) is 14.7 Å². The number of benzene rings is 1. The maximum Gasteiger partial charge on any atom is 0.352 e. The summed E-state index contributed by atoms with van der Waals surface area (Å²) in [7, 11) is 1.71. The molecule has 3 fully saturated rings. The van der Waals surface area contributed by atoms with Crippen LogP contribution in [0.1, 0.15) is 122 Å². The molecule has 3 N–H and O–H groups in total. The Morgan fingerprint density at radius 3 is 2.04 bits per heavy atom. The van der Waals surface area contributed by atoms with Crippen LogP contribution in [0.3, 0.4) is 0 Å². The zero-order chi connectivity index (χ0) is 36.2. The molecule has 6 rings (SSSR count). The van der Waals surface area contributed by atoms with Crippen LogP contribution in [-0.2, 0) is 27.5 Å². The number of hydrogen-bond acceptors (Lipinski definition) is 10. The number of fused-ring (bicyclic) bond motifs is 1. The van der Waals surface area contributed by atoms with Crippen LogP contribution in [0, 0.1) is 0 Å². The summed E-state index contributed by atoms with van der Waals surface area (Å²) in [5.74, 6) is -0.339. The molecule has 13 heteroatoms. The average Bonchev–Trinajstić information content (AvgIpc) is 3.48. The normalized spacial score (nSPS) is 22.3. The van der Waals surface area contributed by atoms with Gasteiger partial charge in [0.2, 0.25) is 5.16 Å². The van der Waals surface area contributed by atoms with E-state index >= 15 is 0 Å². The third-order valence-electron chi connectivity index (χ3n) is 9.99. The monoisotopic (exact) mass is 725 g/mol. The van der Waals surface area contributed by atoms with E-state index in [4.69, 9.17) is 0 Å². The lowest BCUT2D eigenvalue weighted by atomic mass is 9.78. The largest absolute Gasteiger partial charge is 0.507 e. The zero-order valence-electron chi connectivity index (χ0n) is 30.7. The molecular formula is C37H55N7O4S2. The Hall–Kier alpha value is -2.90. The van der Waals surface area contributed by atoms with E-state index in [1.807, 2.05) is 53.7 Å². The topological polar surface area (TPSA) is 146 Å². The van der Waals surface area contributed by atoms with Crippen LogP contribution in [0.15, 0.2) is 33.6 Å². The third kappa shape index (κ3) is 9.11. The van der Waals surface area contributed by atoms with E-state index in [9.17, 15) is 19.8 Å². The summed E-state index contributed by atoms with van der Waals surface area (Å²) in [6, 6.07) is 4.89. The molecule has 274 valence electrons. The number of nitrogens with zero attached hydrogens (tertiary/aromatic N) is 6. The number of phenolic OH excluding ortho intramolecular Hbond substituents is 1. The molecule has 50 heavy (non-hydrogen) atoms. The molecule has 0 bridgehead atoms. The van der Waals surface area contributed by atoms with Crippen molar-refractivity contribution in [1.29, 1.82) is 0 Å². The predicted octanol–water partition coefficient (Wildman–Crippen LogP) is 6.59. The van der Waals surface area contributed by atoms with Gasteiger partial charge in [-0.2, -0.15) is 0 Å². The summed E-state index contributed by atoms with van der Waals surface area (Å²) in [6.07, 6.45) is 16.2. The molecular weight excluding hydrogens is 671 g/mol. The number of aryl methyl sites for hydroxylation is 1. The van der Waals surface area contributed by atoms with Crippen LogP contribution < -0.4 is 5.32 Å². The lowest BCUT2D eigenvalue weighted by molar-refractivity contribution is -0.147. The summed E-state index contributed by atoms with van der Waals surface area (Å²) in [4.78, 5) is 31.2. The molecule has 0 unspecified atom stereocenters. The first-order valence-electron chi connectivity index (χ1n) is 18.1. The second-order valence-electron chi connectivity index (χ2n) is 16.1. The van der Waals surface area contributed by atoms with E-state index in [0.717, 1.165) is 28.8 Å². The first-order valence-corrected chi connectivity index (χ1v) is 20.1. The molecule has 4 aliphatic rings. The number of hydrogen-bond donors (Lipinski definition) is 3. The van der Waals surface area contributed by atoms with Crippen molar-refractivity contribution in [2.75, 3.05) is 11.5 Å². The van der Waals surface area contributed by atoms with Crippen molar-refractivity contribution in [3.05, 3.63) is 40.1 Å². The SMILES string of the molecule is C1CCC(NC2CCCCC2)CC1.Cn1nnnc1SCC1=C(C(=O)O)N2C(=O)[C@@H](N=Cc3cc(C(C)(C)C)c(O)c(C(C)(C)C)c3)[C@@H]2SC1. The Morgan fingerprint density at radius 1 is 1.00 bits per heavy atom. The van der Waals surface area contributed by atoms with E-state index in [2.05, 4.69) is 25.8 Å². The number of aliphatic imine (C=N–C) groups is 1. The van der Waals surface area contributed by atoms with Gasteiger partial charge in [0, 0.05) is 48.0 Å². The van der Waals surface area contributed by atoms with Gasteiger partial charge in [-0.1, -0.05) is 91.8 Å². The van der Waals surface area contributed by atoms with E-state index in [1.54, 1.807) is 13.3 Å². The zero-order valence-corrected chi connectivity index (χ0v) is 32.4.